The zero-order chi connectivity index (χ0) is 38.5. The molecule has 1 heterocycles. The van der Waals surface area contributed by atoms with Gasteiger partial charge in [-0.25, -0.2) is 0 Å². The maximum atomic E-state index is 2.75. The average Bonchev–Trinajstić information content (AvgIpc) is 3.95. The Morgan fingerprint density at radius 1 is 0.473 bits per heavy atom. The van der Waals surface area contributed by atoms with Gasteiger partial charge in [0.25, 0.3) is 0 Å². The molecule has 0 saturated carbocycles. The van der Waals surface area contributed by atoms with E-state index in [-0.39, 0.29) is 0 Å². The number of hydrogen-bond acceptors (Lipinski definition) is 0. The quantitative estimate of drug-likeness (QED) is 0.0873. The van der Waals surface area contributed by atoms with E-state index >= 15 is 0 Å². The van der Waals surface area contributed by atoms with Gasteiger partial charge in [0.1, 0.15) is 0 Å². The second-order valence-electron chi connectivity index (χ2n) is 18.0. The number of fused-ring (bicyclic) bond motifs is 2. The van der Waals surface area contributed by atoms with Crippen LogP contribution in [0.15, 0.2) is 108 Å². The Balaban J connectivity index is 1.52. The number of benzene rings is 4. The zero-order valence-electron chi connectivity index (χ0n) is 35.4. The maximum absolute atomic E-state index is 3.17. The summed E-state index contributed by atoms with van der Waals surface area (Å²) in [6.07, 6.45) is 19.9. The summed E-state index contributed by atoms with van der Waals surface area (Å²) in [5.41, 5.74) is 16.1. The van der Waals surface area contributed by atoms with Crippen LogP contribution in [0.4, 0.5) is 0 Å². The van der Waals surface area contributed by atoms with Crippen LogP contribution in [0, 0.1) is 0 Å². The summed E-state index contributed by atoms with van der Waals surface area (Å²) in [6, 6.07) is 41.3. The van der Waals surface area contributed by atoms with E-state index in [1.54, 1.807) is 74.8 Å². The fourth-order valence-corrected chi connectivity index (χ4v) is 180. The van der Waals surface area contributed by atoms with Gasteiger partial charge in [0.15, 0.2) is 0 Å². The Morgan fingerprint density at radius 2 is 0.836 bits per heavy atom. The van der Waals surface area contributed by atoms with Crippen molar-refractivity contribution >= 4 is 14.5 Å². The van der Waals surface area contributed by atoms with Crippen LogP contribution in [-0.4, -0.2) is 2.33 Å². The van der Waals surface area contributed by atoms with Crippen LogP contribution in [0.25, 0.3) is 34.4 Å². The van der Waals surface area contributed by atoms with Crippen LogP contribution in [0.1, 0.15) is 135 Å². The molecule has 2 atom stereocenters. The molecule has 55 heavy (non-hydrogen) atoms. The minimum absolute atomic E-state index is 0.774. The fraction of sp³-hybridized carbons (Fsp3) is 0.462. The third-order valence-corrected chi connectivity index (χ3v) is 131. The first-order chi connectivity index (χ1) is 26.9. The van der Waals surface area contributed by atoms with Gasteiger partial charge < -0.3 is 0 Å². The van der Waals surface area contributed by atoms with E-state index in [0.29, 0.717) is 0 Å². The summed E-state index contributed by atoms with van der Waals surface area (Å²) in [5, 5.41) is 0. The molecule has 4 aromatic rings. The van der Waals surface area contributed by atoms with Crippen LogP contribution in [-0.2, 0) is 38.9 Å². The Bertz CT molecular complexity index is 1800. The Hall–Kier alpha value is -1.66. The molecular formula is C52H70SiZr2. The zero-order valence-corrected chi connectivity index (χ0v) is 41.3. The Kier molecular flexibility index (Phi) is 14.0. The van der Waals surface area contributed by atoms with Crippen molar-refractivity contribution in [1.82, 2.24) is 0 Å². The molecule has 1 aliphatic heterocycles. The first-order valence-electron chi connectivity index (χ1n) is 22.6. The van der Waals surface area contributed by atoms with E-state index < -0.39 is 41.2 Å². The molecule has 0 bridgehead atoms. The van der Waals surface area contributed by atoms with Crippen LogP contribution >= 0.6 is 0 Å². The van der Waals surface area contributed by atoms with Gasteiger partial charge in [-0.2, -0.15) is 0 Å². The van der Waals surface area contributed by atoms with E-state index in [0.717, 1.165) is 7.25 Å². The molecule has 0 radical (unpaired) electrons. The summed E-state index contributed by atoms with van der Waals surface area (Å²) < 4.78 is 6.43. The number of unbranched alkanes of at least 4 members (excludes halogenated alkanes) is 4. The van der Waals surface area contributed by atoms with E-state index in [1.807, 2.05) is 0 Å². The third kappa shape index (κ3) is 7.46. The second kappa shape index (κ2) is 18.5. The average molecular weight is 906 g/mol. The number of allylic oxidation sites excluding steroid dienone is 2. The molecule has 1 saturated heterocycles. The van der Waals surface area contributed by atoms with Gasteiger partial charge in [-0.05, 0) is 0 Å². The predicted octanol–water partition coefficient (Wildman–Crippen LogP) is 17.1. The van der Waals surface area contributed by atoms with Crippen molar-refractivity contribution in [3.05, 3.63) is 130 Å². The minimum atomic E-state index is -3.17. The summed E-state index contributed by atoms with van der Waals surface area (Å²) in [7, 11) is 0. The Morgan fingerprint density at radius 3 is 1.18 bits per heavy atom. The van der Waals surface area contributed by atoms with Crippen LogP contribution < -0.4 is 0 Å². The van der Waals surface area contributed by atoms with Crippen molar-refractivity contribution in [3.63, 3.8) is 0 Å². The predicted molar refractivity (Wildman–Crippen MR) is 240 cm³/mol. The van der Waals surface area contributed by atoms with Gasteiger partial charge in [0, 0.05) is 0 Å². The van der Waals surface area contributed by atoms with Gasteiger partial charge in [-0.3, -0.25) is 0 Å². The number of hydrogen-bond donors (Lipinski definition) is 0. The van der Waals surface area contributed by atoms with E-state index in [2.05, 4.69) is 151 Å². The number of rotatable bonds is 18. The standard InChI is InChI=1S/2C16H13.C4H8Si.4C4H9.2Zr/c2*1-12-10-14-8-5-9-15(16(14)11-12)13-6-3-2-4-7-13;1-2-4-5-3-1;4*1-3-4-2;;/h2*2-11H,1H3;1-4H2;4*1,3-4H2,2H3;;. The molecule has 290 valence electrons. The fourth-order valence-electron chi connectivity index (χ4n) is 13.1. The van der Waals surface area contributed by atoms with E-state index in [1.165, 1.54) is 73.6 Å². The molecule has 1 fully saturated rings. The van der Waals surface area contributed by atoms with Crippen molar-refractivity contribution in [2.24, 2.45) is 0 Å². The van der Waals surface area contributed by atoms with Crippen LogP contribution in [0.5, 0.6) is 0 Å². The SMILES string of the molecule is CCC[CH2][Zr]([CH2]CCC)([CH]1C(C)=Cc2c(-c3ccccc3)cccc21)[Si]1([Zr]([CH2]CCC)([CH2]CCC)[CH]2C(C)=Cc3c(-c4ccccc4)cccc32)CCCC1. The molecule has 3 aliphatic rings. The molecule has 0 amide bonds. The van der Waals surface area contributed by atoms with Crippen molar-refractivity contribution in [2.75, 3.05) is 0 Å². The topological polar surface area (TPSA) is 0 Å². The molecule has 4 aromatic carbocycles. The summed E-state index contributed by atoms with van der Waals surface area (Å²) in [5.74, 6) is 0. The normalized spacial score (nSPS) is 18.9. The molecule has 3 heteroatoms. The van der Waals surface area contributed by atoms with Crippen molar-refractivity contribution in [3.8, 4) is 22.3 Å². The molecule has 0 aromatic heterocycles. The molecule has 0 N–H and O–H groups in total. The van der Waals surface area contributed by atoms with Gasteiger partial charge in [-0.15, -0.1) is 0 Å². The second-order valence-corrected chi connectivity index (χ2v) is 75.3. The van der Waals surface area contributed by atoms with Crippen LogP contribution in [0.2, 0.25) is 28.6 Å². The molecule has 7 rings (SSSR count). The van der Waals surface area contributed by atoms with Gasteiger partial charge >= 0.3 is 348 Å². The molecule has 2 unspecified atom stereocenters. The first kappa shape index (κ1) is 41.5. The van der Waals surface area contributed by atoms with E-state index in [4.69, 9.17) is 0 Å². The molecule has 0 nitrogen and oxygen atoms in total. The summed E-state index contributed by atoms with van der Waals surface area (Å²) >= 11 is -6.33. The van der Waals surface area contributed by atoms with Crippen molar-refractivity contribution in [2.45, 2.75) is 142 Å². The molecular weight excluding hydrogens is 835 g/mol. The first-order valence-corrected chi connectivity index (χ1v) is 42.2. The third-order valence-electron chi connectivity index (χ3n) is 15.1. The van der Waals surface area contributed by atoms with Gasteiger partial charge in [0.05, 0.1) is 0 Å². The van der Waals surface area contributed by atoms with Gasteiger partial charge in [0.2, 0.25) is 0 Å². The molecule has 0 spiro atoms. The monoisotopic (exact) mass is 902 g/mol. The summed E-state index contributed by atoms with van der Waals surface area (Å²) in [4.78, 5) is 0. The van der Waals surface area contributed by atoms with Gasteiger partial charge in [-0.1, -0.05) is 0 Å². The summed E-state index contributed by atoms with van der Waals surface area (Å²) in [6.45, 7) is 15.4. The van der Waals surface area contributed by atoms with Crippen molar-refractivity contribution < 1.29 is 38.9 Å². The van der Waals surface area contributed by atoms with Crippen LogP contribution in [0.3, 0.4) is 0 Å². The molecule has 2 aliphatic carbocycles. The van der Waals surface area contributed by atoms with Crippen molar-refractivity contribution in [1.29, 1.82) is 0 Å². The van der Waals surface area contributed by atoms with E-state index in [9.17, 15) is 0 Å². The Labute approximate surface area is 344 Å².